The molecule has 0 aliphatic carbocycles. The van der Waals surface area contributed by atoms with Crippen LogP contribution in [0, 0.1) is 5.92 Å². The van der Waals surface area contributed by atoms with Crippen LogP contribution in [0.15, 0.2) is 24.3 Å². The Morgan fingerprint density at radius 3 is 2.77 bits per heavy atom. The fraction of sp³-hybridized carbons (Fsp3) is 0.438. The first-order valence-corrected chi connectivity index (χ1v) is 7.54. The fourth-order valence-electron chi connectivity index (χ4n) is 2.43. The quantitative estimate of drug-likeness (QED) is 0.809. The monoisotopic (exact) mass is 329 g/mol. The van der Waals surface area contributed by atoms with Crippen LogP contribution in [0.3, 0.4) is 0 Å². The Morgan fingerprint density at radius 1 is 1.45 bits per heavy atom. The molecule has 0 radical (unpaired) electrons. The Labute approximate surface area is 133 Å². The molecule has 1 amide bonds. The second kappa shape index (κ2) is 7.09. The summed E-state index contributed by atoms with van der Waals surface area (Å²) in [5, 5.41) is 0.374. The molecule has 1 aromatic rings. The number of carbonyl (C=O) groups excluding carboxylic acids is 1. The van der Waals surface area contributed by atoms with Crippen molar-refractivity contribution in [1.29, 1.82) is 0 Å². The first-order valence-electron chi connectivity index (χ1n) is 7.16. The summed E-state index contributed by atoms with van der Waals surface area (Å²) in [6.45, 7) is 3.47. The summed E-state index contributed by atoms with van der Waals surface area (Å²) in [5.74, 6) is -0.000474. The molecule has 1 atom stereocenters. The van der Waals surface area contributed by atoms with Crippen LogP contribution in [-0.4, -0.2) is 30.4 Å². The number of ether oxygens (including phenoxy) is 1. The van der Waals surface area contributed by atoms with Gasteiger partial charge in [-0.05, 0) is 31.5 Å². The number of halogens is 3. The number of hydrogen-bond donors (Lipinski definition) is 0. The van der Waals surface area contributed by atoms with Gasteiger partial charge in [0.2, 0.25) is 5.91 Å². The summed E-state index contributed by atoms with van der Waals surface area (Å²) in [6, 6.07) is 5.04. The normalized spacial score (nSPS) is 18.6. The molecular weight excluding hydrogens is 312 g/mol. The van der Waals surface area contributed by atoms with Crippen molar-refractivity contribution in [1.82, 2.24) is 4.90 Å². The van der Waals surface area contributed by atoms with Crippen LogP contribution in [0.25, 0.3) is 5.70 Å². The van der Waals surface area contributed by atoms with Gasteiger partial charge in [-0.15, -0.1) is 0 Å². The maximum Gasteiger partial charge on any atom is 0.256 e. The molecule has 2 rings (SSSR count). The molecule has 1 aromatic carbocycles. The largest absolute Gasteiger partial charge is 0.494 e. The highest BCUT2D eigenvalue weighted by atomic mass is 35.5. The number of amides is 1. The van der Waals surface area contributed by atoms with E-state index in [-0.39, 0.29) is 11.8 Å². The minimum atomic E-state index is -2.60. The lowest BCUT2D eigenvalue weighted by molar-refractivity contribution is -0.133. The number of benzene rings is 1. The van der Waals surface area contributed by atoms with Crippen LogP contribution in [0.5, 0.6) is 5.75 Å². The zero-order valence-electron chi connectivity index (χ0n) is 12.5. The van der Waals surface area contributed by atoms with Crippen molar-refractivity contribution in [3.05, 3.63) is 34.9 Å². The Bertz CT molecular complexity index is 590. The summed E-state index contributed by atoms with van der Waals surface area (Å²) >= 11 is 6.24. The third-order valence-corrected chi connectivity index (χ3v) is 3.80. The van der Waals surface area contributed by atoms with E-state index >= 15 is 0 Å². The van der Waals surface area contributed by atoms with Gasteiger partial charge in [0.1, 0.15) is 5.75 Å². The van der Waals surface area contributed by atoms with Gasteiger partial charge in [0.05, 0.1) is 18.2 Å². The zero-order chi connectivity index (χ0) is 16.3. The molecule has 0 bridgehead atoms. The number of carbonyl (C=O) groups is 1. The summed E-state index contributed by atoms with van der Waals surface area (Å²) in [5.41, 5.74) is 1.00. The first-order chi connectivity index (χ1) is 10.4. The second-order valence-corrected chi connectivity index (χ2v) is 5.55. The molecule has 0 spiro atoms. The van der Waals surface area contributed by atoms with Crippen molar-refractivity contribution in [2.45, 2.75) is 26.7 Å². The van der Waals surface area contributed by atoms with Crippen molar-refractivity contribution in [3.8, 4) is 5.75 Å². The van der Waals surface area contributed by atoms with Crippen LogP contribution in [-0.2, 0) is 4.79 Å². The Kier molecular flexibility index (Phi) is 5.40. The van der Waals surface area contributed by atoms with E-state index in [0.717, 1.165) is 4.90 Å². The SMILES string of the molecule is CCOc1ccc(C2=CCC(C)C(=O)N2CC(F)F)c(Cl)c1. The average Bonchev–Trinajstić information content (AvgIpc) is 2.45. The van der Waals surface area contributed by atoms with Gasteiger partial charge in [-0.2, -0.15) is 0 Å². The maximum absolute atomic E-state index is 12.8. The molecule has 0 saturated carbocycles. The number of allylic oxidation sites excluding steroid dienone is 1. The van der Waals surface area contributed by atoms with Gasteiger partial charge < -0.3 is 9.64 Å². The summed E-state index contributed by atoms with van der Waals surface area (Å²) < 4.78 is 31.0. The van der Waals surface area contributed by atoms with Gasteiger partial charge in [0, 0.05) is 17.2 Å². The van der Waals surface area contributed by atoms with E-state index in [1.54, 1.807) is 31.2 Å². The fourth-order valence-corrected chi connectivity index (χ4v) is 2.69. The molecule has 3 nitrogen and oxygen atoms in total. The molecule has 0 fully saturated rings. The van der Waals surface area contributed by atoms with Gasteiger partial charge in [-0.1, -0.05) is 24.6 Å². The Morgan fingerprint density at radius 2 is 2.18 bits per heavy atom. The summed E-state index contributed by atoms with van der Waals surface area (Å²) in [4.78, 5) is 13.3. The van der Waals surface area contributed by atoms with Crippen LogP contribution < -0.4 is 4.74 Å². The van der Waals surface area contributed by atoms with E-state index in [1.165, 1.54) is 0 Å². The van der Waals surface area contributed by atoms with Gasteiger partial charge in [-0.3, -0.25) is 4.79 Å². The Balaban J connectivity index is 2.37. The lowest BCUT2D eigenvalue weighted by atomic mass is 9.97. The smallest absolute Gasteiger partial charge is 0.256 e. The van der Waals surface area contributed by atoms with E-state index in [4.69, 9.17) is 16.3 Å². The average molecular weight is 330 g/mol. The van der Waals surface area contributed by atoms with Crippen LogP contribution in [0.2, 0.25) is 5.02 Å². The number of nitrogens with zero attached hydrogens (tertiary/aromatic N) is 1. The predicted molar refractivity (Wildman–Crippen MR) is 82.1 cm³/mol. The predicted octanol–water partition coefficient (Wildman–Crippen LogP) is 4.21. The highest BCUT2D eigenvalue weighted by Crippen LogP contribution is 2.34. The highest BCUT2D eigenvalue weighted by Gasteiger charge is 2.31. The van der Waals surface area contributed by atoms with Gasteiger partial charge in [-0.25, -0.2) is 8.78 Å². The lowest BCUT2D eigenvalue weighted by Crippen LogP contribution is -2.39. The van der Waals surface area contributed by atoms with Crippen LogP contribution >= 0.6 is 11.6 Å². The maximum atomic E-state index is 12.8. The summed E-state index contributed by atoms with van der Waals surface area (Å²) in [6.07, 6.45) is -0.299. The third kappa shape index (κ3) is 3.58. The summed E-state index contributed by atoms with van der Waals surface area (Å²) in [7, 11) is 0. The minimum Gasteiger partial charge on any atom is -0.494 e. The first kappa shape index (κ1) is 16.7. The van der Waals surface area contributed by atoms with Crippen LogP contribution in [0.4, 0.5) is 8.78 Å². The molecule has 1 aliphatic rings. The van der Waals surface area contributed by atoms with Crippen molar-refractivity contribution < 1.29 is 18.3 Å². The van der Waals surface area contributed by atoms with E-state index < -0.39 is 13.0 Å². The van der Waals surface area contributed by atoms with Crippen molar-refractivity contribution >= 4 is 23.2 Å². The molecule has 22 heavy (non-hydrogen) atoms. The van der Waals surface area contributed by atoms with E-state index in [1.807, 2.05) is 6.92 Å². The number of alkyl halides is 2. The van der Waals surface area contributed by atoms with Crippen molar-refractivity contribution in [2.24, 2.45) is 5.92 Å². The number of rotatable bonds is 5. The molecule has 6 heteroatoms. The molecule has 1 heterocycles. The minimum absolute atomic E-state index is 0.302. The highest BCUT2D eigenvalue weighted by molar-refractivity contribution is 6.32. The molecule has 0 saturated heterocycles. The van der Waals surface area contributed by atoms with Crippen LogP contribution in [0.1, 0.15) is 25.8 Å². The molecule has 0 N–H and O–H groups in total. The topological polar surface area (TPSA) is 29.5 Å². The molecule has 120 valence electrons. The lowest BCUT2D eigenvalue weighted by Gasteiger charge is -2.32. The standard InChI is InChI=1S/C16H18ClF2NO2/c1-3-22-11-5-6-12(13(17)8-11)14-7-4-10(2)16(21)20(14)9-15(18)19/h5-8,10,15H,3-4,9H2,1-2H3. The molecule has 0 aromatic heterocycles. The van der Waals surface area contributed by atoms with Crippen molar-refractivity contribution in [2.75, 3.05) is 13.2 Å². The molecular formula is C16H18ClF2NO2. The van der Waals surface area contributed by atoms with Gasteiger partial charge in [0.15, 0.2) is 0 Å². The zero-order valence-corrected chi connectivity index (χ0v) is 13.2. The van der Waals surface area contributed by atoms with Crippen molar-refractivity contribution in [3.63, 3.8) is 0 Å². The van der Waals surface area contributed by atoms with E-state index in [9.17, 15) is 13.6 Å². The second-order valence-electron chi connectivity index (χ2n) is 5.14. The van der Waals surface area contributed by atoms with E-state index in [0.29, 0.717) is 35.1 Å². The Hall–Kier alpha value is -1.62. The third-order valence-electron chi connectivity index (χ3n) is 3.49. The molecule has 1 aliphatic heterocycles. The van der Waals surface area contributed by atoms with Gasteiger partial charge in [0.25, 0.3) is 6.43 Å². The number of hydrogen-bond acceptors (Lipinski definition) is 2. The molecule has 1 unspecified atom stereocenters. The van der Waals surface area contributed by atoms with Gasteiger partial charge >= 0.3 is 0 Å². The van der Waals surface area contributed by atoms with E-state index in [2.05, 4.69) is 0 Å².